The summed E-state index contributed by atoms with van der Waals surface area (Å²) in [7, 11) is 0. The van der Waals surface area contributed by atoms with Gasteiger partial charge in [0.2, 0.25) is 0 Å². The minimum absolute atomic E-state index is 0.138. The summed E-state index contributed by atoms with van der Waals surface area (Å²) in [6.07, 6.45) is 16.8. The van der Waals surface area contributed by atoms with Crippen molar-refractivity contribution < 1.29 is 8.78 Å². The van der Waals surface area contributed by atoms with Crippen LogP contribution in [0.15, 0.2) is 164 Å². The molecule has 0 radical (unpaired) electrons. The van der Waals surface area contributed by atoms with E-state index in [1.165, 1.54) is 106 Å². The highest BCUT2D eigenvalue weighted by Gasteiger charge is 2.44. The molecule has 0 aromatic heterocycles. The quantitative estimate of drug-likeness (QED) is 0.0900. The minimum Gasteiger partial charge on any atom is -0.297 e. The van der Waals surface area contributed by atoms with Crippen LogP contribution >= 0.6 is 0 Å². The molecule has 6 aromatic rings. The third-order valence-corrected chi connectivity index (χ3v) is 20.4. The molecule has 0 N–H and O–H groups in total. The van der Waals surface area contributed by atoms with Gasteiger partial charge < -0.3 is 0 Å². The number of halogens is 2. The highest BCUT2D eigenvalue weighted by Crippen LogP contribution is 2.49. The van der Waals surface area contributed by atoms with Crippen molar-refractivity contribution in [3.63, 3.8) is 0 Å². The molecule has 6 nitrogen and oxygen atoms in total. The Labute approximate surface area is 479 Å². The lowest BCUT2D eigenvalue weighted by molar-refractivity contribution is -0.0329. The number of hydrogen-bond acceptors (Lipinski definition) is 6. The van der Waals surface area contributed by atoms with E-state index in [1.54, 1.807) is 35.4 Å². The Hall–Kier alpha value is -5.06. The molecule has 3 aliphatic heterocycles. The third kappa shape index (κ3) is 13.7. The van der Waals surface area contributed by atoms with Crippen LogP contribution in [0.1, 0.15) is 146 Å². The van der Waals surface area contributed by atoms with Gasteiger partial charge in [0.15, 0.2) is 0 Å². The number of rotatable bonds is 17. The van der Waals surface area contributed by atoms with E-state index in [1.807, 2.05) is 18.2 Å². The molecule has 6 unspecified atom stereocenters. The summed E-state index contributed by atoms with van der Waals surface area (Å²) < 4.78 is 28.4. The molecule has 80 heavy (non-hydrogen) atoms. The minimum atomic E-state index is -0.156. The average Bonchev–Trinajstić information content (AvgIpc) is 3.61. The Bertz CT molecular complexity index is 2800. The van der Waals surface area contributed by atoms with Crippen molar-refractivity contribution >= 4 is 0 Å². The second-order valence-electron chi connectivity index (χ2n) is 25.4. The van der Waals surface area contributed by atoms with Gasteiger partial charge in [0.05, 0.1) is 0 Å². The zero-order valence-corrected chi connectivity index (χ0v) is 47.8. The molecule has 8 heteroatoms. The second-order valence-corrected chi connectivity index (χ2v) is 25.4. The van der Waals surface area contributed by atoms with Crippen LogP contribution in [-0.2, 0) is 19.6 Å². The van der Waals surface area contributed by atoms with Gasteiger partial charge in [-0.05, 0) is 151 Å². The standard InChI is InChI=1S/C72H90F2N6/c73-67-36-30-56(31-37-67)52-77-42-47-80(69(54-77)58-32-34-62(35-33-58)70(59-19-7-2-8-20-59)78-43-38-75(39-44-78)51-55-16-5-1-6-17-55)72(61-23-11-4-12-24-61)66-28-15-26-64(50-66)63-25-14-27-65(49-63)71(60-21-9-3-10-22-60)79-45-40-76(41-46-79)53-57-18-13-29-68(74)48-57/h1-2,4-8,11-14,16-20,23-25,27,29-31,36-37,48-49,58,60,62,64,66,69-72H,3,9-10,15,21-22,26,28,32-35,38-47,50-54H2. The molecule has 6 atom stereocenters. The first-order valence-electron chi connectivity index (χ1n) is 31.6. The van der Waals surface area contributed by atoms with Gasteiger partial charge in [-0.3, -0.25) is 29.4 Å². The van der Waals surface area contributed by atoms with Crippen LogP contribution in [0, 0.1) is 35.3 Å². The number of hydrogen-bond donors (Lipinski definition) is 0. The molecular formula is C72H90F2N6. The first-order valence-corrected chi connectivity index (χ1v) is 31.6. The van der Waals surface area contributed by atoms with Crippen molar-refractivity contribution in [1.29, 1.82) is 0 Å². The van der Waals surface area contributed by atoms with Crippen LogP contribution in [0.2, 0.25) is 0 Å². The summed E-state index contributed by atoms with van der Waals surface area (Å²) in [6.45, 7) is 14.5. The van der Waals surface area contributed by atoms with Gasteiger partial charge in [-0.1, -0.05) is 165 Å². The van der Waals surface area contributed by atoms with Gasteiger partial charge in [0, 0.05) is 116 Å². The van der Waals surface area contributed by atoms with E-state index in [0.29, 0.717) is 53.8 Å². The summed E-state index contributed by atoms with van der Waals surface area (Å²) in [4.78, 5) is 16.7. The zero-order valence-electron chi connectivity index (χ0n) is 47.8. The number of benzene rings is 6. The van der Waals surface area contributed by atoms with Crippen LogP contribution in [0.5, 0.6) is 0 Å². The predicted molar refractivity (Wildman–Crippen MR) is 323 cm³/mol. The highest BCUT2D eigenvalue weighted by molar-refractivity contribution is 5.31. The van der Waals surface area contributed by atoms with Gasteiger partial charge in [-0.2, -0.15) is 0 Å². The lowest BCUT2D eigenvalue weighted by atomic mass is 9.70. The normalized spacial score (nSPS) is 25.9. The fourth-order valence-electron chi connectivity index (χ4n) is 16.5. The average molecular weight is 1080 g/mol. The van der Waals surface area contributed by atoms with Crippen LogP contribution in [0.3, 0.4) is 0 Å². The van der Waals surface area contributed by atoms with E-state index in [9.17, 15) is 8.78 Å². The largest absolute Gasteiger partial charge is 0.297 e. The Morgan fingerprint density at radius 2 is 0.900 bits per heavy atom. The summed E-state index contributed by atoms with van der Waals surface area (Å²) in [5.74, 6) is 2.75. The van der Waals surface area contributed by atoms with Crippen LogP contribution in [0.4, 0.5) is 8.78 Å². The lowest BCUT2D eigenvalue weighted by Crippen LogP contribution is -2.58. The maximum absolute atomic E-state index is 14.2. The molecule has 6 aromatic carbocycles. The molecule has 6 fully saturated rings. The van der Waals surface area contributed by atoms with E-state index in [4.69, 9.17) is 0 Å². The van der Waals surface area contributed by atoms with E-state index >= 15 is 0 Å². The molecule has 422 valence electrons. The van der Waals surface area contributed by atoms with Crippen molar-refractivity contribution in [3.8, 4) is 0 Å². The fourth-order valence-corrected chi connectivity index (χ4v) is 16.5. The smallest absolute Gasteiger partial charge is 0.123 e. The van der Waals surface area contributed by atoms with Crippen LogP contribution in [0.25, 0.3) is 0 Å². The Balaban J connectivity index is 0.780. The molecule has 3 saturated carbocycles. The second kappa shape index (κ2) is 26.9. The molecule has 0 bridgehead atoms. The van der Waals surface area contributed by atoms with Gasteiger partial charge in [0.1, 0.15) is 11.6 Å². The summed E-state index contributed by atoms with van der Waals surface area (Å²) in [5, 5.41) is 0. The summed E-state index contributed by atoms with van der Waals surface area (Å²) >= 11 is 0. The van der Waals surface area contributed by atoms with Crippen molar-refractivity contribution in [2.75, 3.05) is 72.0 Å². The summed E-state index contributed by atoms with van der Waals surface area (Å²) in [5.41, 5.74) is 9.81. The Morgan fingerprint density at radius 3 is 1.56 bits per heavy atom. The van der Waals surface area contributed by atoms with Crippen molar-refractivity contribution in [3.05, 3.63) is 214 Å². The van der Waals surface area contributed by atoms with E-state index in [2.05, 4.69) is 151 Å². The molecule has 3 saturated heterocycles. The molecular weight excluding hydrogens is 987 g/mol. The van der Waals surface area contributed by atoms with Crippen molar-refractivity contribution in [1.82, 2.24) is 29.4 Å². The fraction of sp³-hybridized carbons (Fsp3) is 0.500. The Morgan fingerprint density at radius 1 is 0.375 bits per heavy atom. The topological polar surface area (TPSA) is 19.4 Å². The Kier molecular flexibility index (Phi) is 18.6. The number of piperazine rings is 3. The SMILES string of the molecule is Fc1ccc(CN2CCN(C(c3ccccc3)C3CCCC(c4cccc(C(C5CCCCC5)N5CCN(Cc6cccc(F)c6)CC5)c4)C3)C(C3CCC(C(c4ccccc4)N4CCN(Cc5ccccc5)CC4)CC3)C2)cc1. The van der Waals surface area contributed by atoms with Gasteiger partial charge >= 0.3 is 0 Å². The van der Waals surface area contributed by atoms with Crippen molar-refractivity contribution in [2.45, 2.75) is 133 Å². The van der Waals surface area contributed by atoms with Gasteiger partial charge in [-0.25, -0.2) is 8.78 Å². The monoisotopic (exact) mass is 1080 g/mol. The van der Waals surface area contributed by atoms with E-state index in [0.717, 1.165) is 97.2 Å². The molecule has 3 aliphatic carbocycles. The van der Waals surface area contributed by atoms with Gasteiger partial charge in [-0.15, -0.1) is 0 Å². The lowest BCUT2D eigenvalue weighted by Gasteiger charge is -2.53. The maximum atomic E-state index is 14.2. The van der Waals surface area contributed by atoms with Gasteiger partial charge in [0.25, 0.3) is 0 Å². The van der Waals surface area contributed by atoms with Crippen LogP contribution < -0.4 is 0 Å². The highest BCUT2D eigenvalue weighted by atomic mass is 19.1. The molecule has 3 heterocycles. The predicted octanol–water partition coefficient (Wildman–Crippen LogP) is 15.0. The maximum Gasteiger partial charge on any atom is 0.123 e. The van der Waals surface area contributed by atoms with E-state index in [-0.39, 0.29) is 11.6 Å². The number of nitrogens with zero attached hydrogens (tertiary/aromatic N) is 6. The summed E-state index contributed by atoms with van der Waals surface area (Å²) in [6, 6.07) is 60.6. The molecule has 12 rings (SSSR count). The van der Waals surface area contributed by atoms with Crippen LogP contribution in [-0.4, -0.2) is 107 Å². The zero-order chi connectivity index (χ0) is 54.0. The van der Waals surface area contributed by atoms with E-state index < -0.39 is 0 Å². The van der Waals surface area contributed by atoms with Crippen molar-refractivity contribution in [2.24, 2.45) is 23.7 Å². The third-order valence-electron chi connectivity index (χ3n) is 20.4. The molecule has 0 spiro atoms. The molecule has 6 aliphatic rings. The first-order chi connectivity index (χ1) is 39.4. The first kappa shape index (κ1) is 55.5. The molecule has 0 amide bonds.